The van der Waals surface area contributed by atoms with Crippen LogP contribution >= 0.6 is 0 Å². The van der Waals surface area contributed by atoms with Gasteiger partial charge in [0.05, 0.1) is 0 Å². The minimum absolute atomic E-state index is 0.0563. The van der Waals surface area contributed by atoms with E-state index < -0.39 is 17.2 Å². The summed E-state index contributed by atoms with van der Waals surface area (Å²) in [4.78, 5) is 22.5. The van der Waals surface area contributed by atoms with Crippen LogP contribution in [0.1, 0.15) is 18.4 Å². The molecule has 0 bridgehead atoms. The number of carbonyl (C=O) groups excluding carboxylic acids is 2. The van der Waals surface area contributed by atoms with Crippen LogP contribution in [0.4, 0.5) is 0 Å². The molecule has 0 atom stereocenters. The Morgan fingerprint density at radius 2 is 1.78 bits per heavy atom. The molecule has 6 nitrogen and oxygen atoms in total. The number of nitrogens with one attached hydrogen (secondary N) is 1. The molecule has 0 aliphatic rings. The quantitative estimate of drug-likeness (QED) is 0.570. The molecule has 6 heteroatoms. The summed E-state index contributed by atoms with van der Waals surface area (Å²) < 4.78 is 0. The first kappa shape index (κ1) is 13.8. The lowest BCUT2D eigenvalue weighted by molar-refractivity contribution is -0.124. The van der Waals surface area contributed by atoms with Crippen molar-refractivity contribution in [2.75, 3.05) is 7.05 Å². The fraction of sp³-hybridized carbons (Fsp3) is 0.333. The zero-order valence-electron chi connectivity index (χ0n) is 9.93. The third-order valence-corrected chi connectivity index (χ3v) is 2.51. The summed E-state index contributed by atoms with van der Waals surface area (Å²) in [5.74, 6) is -2.08. The molecular formula is C12H15NO5. The summed E-state index contributed by atoms with van der Waals surface area (Å²) in [7, 11) is 1.48. The van der Waals surface area contributed by atoms with Crippen LogP contribution in [0.25, 0.3) is 0 Å². The minimum atomic E-state index is -0.647. The fourth-order valence-electron chi connectivity index (χ4n) is 1.43. The zero-order chi connectivity index (χ0) is 13.7. The van der Waals surface area contributed by atoms with Crippen molar-refractivity contribution in [3.63, 3.8) is 0 Å². The standard InChI is InChI=1S/C12H15NO5/c1-13-10(16)5-3-8(14)6-7-2-4-9(15)12(18)11(7)17/h2,4,15,17-18H,3,5-6H2,1H3,(H,13,16). The Morgan fingerprint density at radius 3 is 2.39 bits per heavy atom. The number of hydrogen-bond donors (Lipinski definition) is 4. The average molecular weight is 253 g/mol. The first-order valence-electron chi connectivity index (χ1n) is 5.40. The van der Waals surface area contributed by atoms with Gasteiger partial charge >= 0.3 is 0 Å². The molecule has 0 saturated carbocycles. The summed E-state index contributed by atoms with van der Waals surface area (Å²) in [6.07, 6.45) is 0.0393. The van der Waals surface area contributed by atoms with Gasteiger partial charge in [-0.15, -0.1) is 0 Å². The molecular weight excluding hydrogens is 238 g/mol. The van der Waals surface area contributed by atoms with Crippen LogP contribution in [0.15, 0.2) is 12.1 Å². The second kappa shape index (κ2) is 5.90. The van der Waals surface area contributed by atoms with Crippen LogP contribution in [0, 0.1) is 0 Å². The predicted molar refractivity (Wildman–Crippen MR) is 63.4 cm³/mol. The topological polar surface area (TPSA) is 107 Å². The molecule has 1 aromatic rings. The van der Waals surface area contributed by atoms with E-state index in [1.165, 1.54) is 19.2 Å². The van der Waals surface area contributed by atoms with Gasteiger partial charge in [-0.25, -0.2) is 0 Å². The van der Waals surface area contributed by atoms with Crippen molar-refractivity contribution in [2.45, 2.75) is 19.3 Å². The Kier molecular flexibility index (Phi) is 4.53. The van der Waals surface area contributed by atoms with Gasteiger partial charge in [-0.05, 0) is 6.07 Å². The van der Waals surface area contributed by atoms with Crippen molar-refractivity contribution in [1.82, 2.24) is 5.32 Å². The van der Waals surface area contributed by atoms with Crippen molar-refractivity contribution in [1.29, 1.82) is 0 Å². The highest BCUT2D eigenvalue weighted by Gasteiger charge is 2.14. The number of hydrogen-bond acceptors (Lipinski definition) is 5. The number of rotatable bonds is 5. The van der Waals surface area contributed by atoms with Crippen LogP contribution in [0.3, 0.4) is 0 Å². The summed E-state index contributed by atoms with van der Waals surface area (Å²) in [6, 6.07) is 2.54. The van der Waals surface area contributed by atoms with Gasteiger partial charge in [-0.1, -0.05) is 6.07 Å². The molecule has 0 aliphatic heterocycles. The number of aromatic hydroxyl groups is 3. The van der Waals surface area contributed by atoms with E-state index in [0.717, 1.165) is 0 Å². The van der Waals surface area contributed by atoms with Gasteiger partial charge < -0.3 is 20.6 Å². The van der Waals surface area contributed by atoms with E-state index in [1.807, 2.05) is 0 Å². The van der Waals surface area contributed by atoms with Crippen molar-refractivity contribution in [3.8, 4) is 17.2 Å². The summed E-state index contributed by atoms with van der Waals surface area (Å²) in [5.41, 5.74) is 0.215. The molecule has 0 saturated heterocycles. The Morgan fingerprint density at radius 1 is 1.11 bits per heavy atom. The first-order valence-corrected chi connectivity index (χ1v) is 5.40. The normalized spacial score (nSPS) is 10.1. The van der Waals surface area contributed by atoms with Gasteiger partial charge in [0, 0.05) is 31.9 Å². The van der Waals surface area contributed by atoms with Gasteiger partial charge in [0.15, 0.2) is 11.5 Å². The Hall–Kier alpha value is -2.24. The number of phenolic OH excluding ortho intramolecular Hbond substituents is 3. The molecule has 0 aliphatic carbocycles. The minimum Gasteiger partial charge on any atom is -0.504 e. The van der Waals surface area contributed by atoms with Crippen LogP contribution in [0.5, 0.6) is 17.2 Å². The van der Waals surface area contributed by atoms with E-state index in [1.54, 1.807) is 0 Å². The van der Waals surface area contributed by atoms with Crippen LogP contribution in [0.2, 0.25) is 0 Å². The Bertz CT molecular complexity index is 470. The van der Waals surface area contributed by atoms with E-state index >= 15 is 0 Å². The Balaban J connectivity index is 2.65. The van der Waals surface area contributed by atoms with Crippen molar-refractivity contribution >= 4 is 11.7 Å². The highest BCUT2D eigenvalue weighted by atomic mass is 16.3. The highest BCUT2D eigenvalue weighted by Crippen LogP contribution is 2.37. The third-order valence-electron chi connectivity index (χ3n) is 2.51. The SMILES string of the molecule is CNC(=O)CCC(=O)Cc1ccc(O)c(O)c1O. The van der Waals surface area contributed by atoms with Crippen LogP contribution in [-0.4, -0.2) is 34.1 Å². The maximum atomic E-state index is 11.5. The van der Waals surface area contributed by atoms with E-state index in [9.17, 15) is 19.8 Å². The lowest BCUT2D eigenvalue weighted by atomic mass is 10.0. The molecule has 0 radical (unpaired) electrons. The van der Waals surface area contributed by atoms with Crippen molar-refractivity contribution in [3.05, 3.63) is 17.7 Å². The van der Waals surface area contributed by atoms with E-state index in [4.69, 9.17) is 5.11 Å². The molecule has 1 rings (SSSR count). The number of phenols is 3. The molecule has 4 N–H and O–H groups in total. The van der Waals surface area contributed by atoms with Crippen molar-refractivity contribution in [2.24, 2.45) is 0 Å². The second-order valence-corrected chi connectivity index (χ2v) is 3.83. The fourth-order valence-corrected chi connectivity index (χ4v) is 1.43. The Labute approximate surface area is 104 Å². The zero-order valence-corrected chi connectivity index (χ0v) is 9.93. The summed E-state index contributed by atoms with van der Waals surface area (Å²) >= 11 is 0. The number of amides is 1. The van der Waals surface area contributed by atoms with Gasteiger partial charge in [-0.2, -0.15) is 0 Å². The number of benzene rings is 1. The maximum absolute atomic E-state index is 11.5. The van der Waals surface area contributed by atoms with E-state index in [-0.39, 0.29) is 36.5 Å². The predicted octanol–water partition coefficient (Wildman–Crippen LogP) is 0.441. The molecule has 0 spiro atoms. The lowest BCUT2D eigenvalue weighted by Gasteiger charge is -2.07. The van der Waals surface area contributed by atoms with Crippen LogP contribution < -0.4 is 5.32 Å². The second-order valence-electron chi connectivity index (χ2n) is 3.83. The maximum Gasteiger partial charge on any atom is 0.220 e. The molecule has 0 fully saturated rings. The first-order chi connectivity index (χ1) is 8.45. The van der Waals surface area contributed by atoms with Crippen LogP contribution in [-0.2, 0) is 16.0 Å². The molecule has 98 valence electrons. The molecule has 0 heterocycles. The smallest absolute Gasteiger partial charge is 0.220 e. The van der Waals surface area contributed by atoms with Gasteiger partial charge in [0.25, 0.3) is 0 Å². The number of carbonyl (C=O) groups is 2. The summed E-state index contributed by atoms with van der Waals surface area (Å²) in [5, 5.41) is 30.3. The summed E-state index contributed by atoms with van der Waals surface area (Å²) in [6.45, 7) is 0. The molecule has 1 aromatic carbocycles. The molecule has 1 amide bonds. The highest BCUT2D eigenvalue weighted by molar-refractivity contribution is 5.86. The molecule has 0 aromatic heterocycles. The average Bonchev–Trinajstić information content (AvgIpc) is 2.36. The number of Topliss-reactive ketones (excluding diaryl/α,β-unsaturated/α-hetero) is 1. The van der Waals surface area contributed by atoms with E-state index in [2.05, 4.69) is 5.32 Å². The molecule has 18 heavy (non-hydrogen) atoms. The third kappa shape index (κ3) is 3.38. The van der Waals surface area contributed by atoms with E-state index in [0.29, 0.717) is 0 Å². The lowest BCUT2D eigenvalue weighted by Crippen LogP contribution is -2.19. The van der Waals surface area contributed by atoms with Gasteiger partial charge in [-0.3, -0.25) is 9.59 Å². The van der Waals surface area contributed by atoms with Gasteiger partial charge in [0.2, 0.25) is 11.7 Å². The van der Waals surface area contributed by atoms with Gasteiger partial charge in [0.1, 0.15) is 5.78 Å². The largest absolute Gasteiger partial charge is 0.504 e. The molecule has 0 unspecified atom stereocenters. The monoisotopic (exact) mass is 253 g/mol. The number of ketones is 1. The van der Waals surface area contributed by atoms with Crippen molar-refractivity contribution < 1.29 is 24.9 Å².